The maximum Gasteiger partial charge on any atom is 0.121 e. The van der Waals surface area contributed by atoms with Gasteiger partial charge in [0.2, 0.25) is 0 Å². The Hall–Kier alpha value is -1.29. The van der Waals surface area contributed by atoms with E-state index in [0.717, 1.165) is 5.70 Å². The standard InChI is InChI=1S/C9H9BrN2O/c1-2-3-4-7(9(10)11)8-5-6-13-12-8/h2-6,11-12H,1H2/b4-3-,8-7?,11-9?. The van der Waals surface area contributed by atoms with E-state index in [1.54, 1.807) is 24.3 Å². The predicted octanol–water partition coefficient (Wildman–Crippen LogP) is 2.40. The molecule has 1 aliphatic heterocycles. The van der Waals surface area contributed by atoms with Gasteiger partial charge in [0.05, 0.1) is 5.70 Å². The highest BCUT2D eigenvalue weighted by Gasteiger charge is 2.08. The van der Waals surface area contributed by atoms with Crippen LogP contribution in [0.3, 0.4) is 0 Å². The van der Waals surface area contributed by atoms with Gasteiger partial charge in [-0.3, -0.25) is 5.41 Å². The smallest absolute Gasteiger partial charge is 0.121 e. The zero-order valence-electron chi connectivity index (χ0n) is 6.88. The third-order valence-corrected chi connectivity index (χ3v) is 1.82. The van der Waals surface area contributed by atoms with E-state index in [1.165, 1.54) is 6.26 Å². The van der Waals surface area contributed by atoms with Crippen molar-refractivity contribution in [2.75, 3.05) is 0 Å². The summed E-state index contributed by atoms with van der Waals surface area (Å²) in [6.07, 6.45) is 8.44. The minimum absolute atomic E-state index is 0.295. The molecule has 0 unspecified atom stereocenters. The molecule has 0 aromatic carbocycles. The Kier molecular flexibility index (Phi) is 3.52. The zero-order valence-corrected chi connectivity index (χ0v) is 8.47. The van der Waals surface area contributed by atoms with Crippen LogP contribution in [0.1, 0.15) is 0 Å². The molecule has 0 bridgehead atoms. The second-order valence-electron chi connectivity index (χ2n) is 2.26. The molecule has 3 nitrogen and oxygen atoms in total. The van der Waals surface area contributed by atoms with Gasteiger partial charge in [-0.2, -0.15) is 0 Å². The molecular formula is C9H9BrN2O. The highest BCUT2D eigenvalue weighted by molar-refractivity contribution is 9.18. The first-order valence-corrected chi connectivity index (χ1v) is 4.41. The van der Waals surface area contributed by atoms with E-state index in [1.807, 2.05) is 0 Å². The first-order chi connectivity index (χ1) is 6.25. The fraction of sp³-hybridized carbons (Fsp3) is 0. The van der Waals surface area contributed by atoms with Crippen molar-refractivity contribution >= 4 is 20.6 Å². The summed E-state index contributed by atoms with van der Waals surface area (Å²) < 4.78 is 0.295. The SMILES string of the molecule is C=C/C=C\C(C(=N)Br)=C1C=CON1. The Bertz CT molecular complexity index is 316. The molecule has 0 radical (unpaired) electrons. The molecule has 0 atom stereocenters. The lowest BCUT2D eigenvalue weighted by atomic mass is 10.2. The average molecular weight is 241 g/mol. The van der Waals surface area contributed by atoms with Crippen LogP contribution in [0.4, 0.5) is 0 Å². The molecule has 1 aliphatic rings. The van der Waals surface area contributed by atoms with Gasteiger partial charge in [0.1, 0.15) is 10.9 Å². The number of rotatable bonds is 3. The van der Waals surface area contributed by atoms with Gasteiger partial charge in [-0.25, -0.2) is 5.48 Å². The Labute approximate surface area is 85.1 Å². The van der Waals surface area contributed by atoms with Gasteiger partial charge in [0, 0.05) is 11.6 Å². The number of hydroxylamine groups is 1. The van der Waals surface area contributed by atoms with E-state index in [9.17, 15) is 0 Å². The molecule has 0 aromatic heterocycles. The molecule has 68 valence electrons. The largest absolute Gasteiger partial charge is 0.390 e. The number of halogens is 1. The normalized spacial score (nSPS) is 18.2. The quantitative estimate of drug-likeness (QED) is 0.588. The van der Waals surface area contributed by atoms with E-state index in [4.69, 9.17) is 10.2 Å². The summed E-state index contributed by atoms with van der Waals surface area (Å²) in [5, 5.41) is 7.44. The molecule has 2 N–H and O–H groups in total. The van der Waals surface area contributed by atoms with Gasteiger partial charge in [-0.1, -0.05) is 24.8 Å². The van der Waals surface area contributed by atoms with Gasteiger partial charge >= 0.3 is 0 Å². The minimum Gasteiger partial charge on any atom is -0.390 e. The summed E-state index contributed by atoms with van der Waals surface area (Å²) in [5.41, 5.74) is 4.13. The summed E-state index contributed by atoms with van der Waals surface area (Å²) >= 11 is 3.09. The predicted molar refractivity (Wildman–Crippen MR) is 56.4 cm³/mol. The number of nitrogens with one attached hydrogen (secondary N) is 2. The molecule has 0 saturated carbocycles. The summed E-state index contributed by atoms with van der Waals surface area (Å²) in [7, 11) is 0. The highest BCUT2D eigenvalue weighted by atomic mass is 79.9. The molecule has 0 aromatic rings. The molecule has 1 rings (SSSR count). The number of hydrogen-bond acceptors (Lipinski definition) is 3. The molecule has 13 heavy (non-hydrogen) atoms. The van der Waals surface area contributed by atoms with Crippen molar-refractivity contribution in [1.29, 1.82) is 5.41 Å². The maximum atomic E-state index is 7.44. The Morgan fingerprint density at radius 1 is 1.69 bits per heavy atom. The topological polar surface area (TPSA) is 45.1 Å². The average Bonchev–Trinajstić information content (AvgIpc) is 2.57. The van der Waals surface area contributed by atoms with Crippen molar-refractivity contribution < 1.29 is 4.84 Å². The monoisotopic (exact) mass is 240 g/mol. The third-order valence-electron chi connectivity index (χ3n) is 1.40. The number of allylic oxidation sites excluding steroid dienone is 5. The molecule has 0 fully saturated rings. The molecule has 0 saturated heterocycles. The Balaban J connectivity index is 2.96. The minimum atomic E-state index is 0.295. The van der Waals surface area contributed by atoms with Crippen molar-refractivity contribution in [1.82, 2.24) is 5.48 Å². The van der Waals surface area contributed by atoms with E-state index in [0.29, 0.717) is 10.2 Å². The van der Waals surface area contributed by atoms with Gasteiger partial charge in [0.15, 0.2) is 0 Å². The Morgan fingerprint density at radius 3 is 2.92 bits per heavy atom. The van der Waals surface area contributed by atoms with Crippen LogP contribution >= 0.6 is 15.9 Å². The summed E-state index contributed by atoms with van der Waals surface area (Å²) in [5.74, 6) is 0. The maximum absolute atomic E-state index is 7.44. The fourth-order valence-corrected chi connectivity index (χ4v) is 1.17. The van der Waals surface area contributed by atoms with Crippen molar-refractivity contribution in [2.45, 2.75) is 0 Å². The van der Waals surface area contributed by atoms with E-state index < -0.39 is 0 Å². The lowest BCUT2D eigenvalue weighted by Gasteiger charge is -2.02. The van der Waals surface area contributed by atoms with Crippen LogP contribution in [-0.2, 0) is 4.84 Å². The van der Waals surface area contributed by atoms with Crippen molar-refractivity contribution in [2.24, 2.45) is 0 Å². The van der Waals surface area contributed by atoms with E-state index >= 15 is 0 Å². The summed E-state index contributed by atoms with van der Waals surface area (Å²) in [6, 6.07) is 0. The van der Waals surface area contributed by atoms with Crippen LogP contribution in [0, 0.1) is 5.41 Å². The summed E-state index contributed by atoms with van der Waals surface area (Å²) in [4.78, 5) is 4.80. The molecule has 0 aliphatic carbocycles. The van der Waals surface area contributed by atoms with Gasteiger partial charge < -0.3 is 4.84 Å². The second-order valence-corrected chi connectivity index (χ2v) is 3.05. The van der Waals surface area contributed by atoms with Crippen LogP contribution in [0.25, 0.3) is 0 Å². The fourth-order valence-electron chi connectivity index (χ4n) is 0.824. The third kappa shape index (κ3) is 2.59. The van der Waals surface area contributed by atoms with Crippen LogP contribution in [0.5, 0.6) is 0 Å². The van der Waals surface area contributed by atoms with Crippen molar-refractivity contribution in [3.63, 3.8) is 0 Å². The molecule has 0 spiro atoms. The summed E-state index contributed by atoms with van der Waals surface area (Å²) in [6.45, 7) is 3.55. The first-order valence-electron chi connectivity index (χ1n) is 3.61. The van der Waals surface area contributed by atoms with Crippen molar-refractivity contribution in [3.05, 3.63) is 48.4 Å². The van der Waals surface area contributed by atoms with E-state index in [-0.39, 0.29) is 0 Å². The van der Waals surface area contributed by atoms with Gasteiger partial charge in [-0.15, -0.1) is 0 Å². The lowest BCUT2D eigenvalue weighted by molar-refractivity contribution is 0.186. The van der Waals surface area contributed by atoms with Crippen molar-refractivity contribution in [3.8, 4) is 0 Å². The first kappa shape index (κ1) is 9.80. The van der Waals surface area contributed by atoms with Crippen LogP contribution < -0.4 is 5.48 Å². The second kappa shape index (κ2) is 4.67. The zero-order chi connectivity index (χ0) is 9.68. The van der Waals surface area contributed by atoms with Crippen LogP contribution in [-0.4, -0.2) is 4.62 Å². The van der Waals surface area contributed by atoms with Crippen LogP contribution in [0.15, 0.2) is 48.4 Å². The molecule has 1 heterocycles. The van der Waals surface area contributed by atoms with Crippen LogP contribution in [0.2, 0.25) is 0 Å². The lowest BCUT2D eigenvalue weighted by Crippen LogP contribution is -2.07. The highest BCUT2D eigenvalue weighted by Crippen LogP contribution is 2.14. The van der Waals surface area contributed by atoms with Gasteiger partial charge in [0.25, 0.3) is 0 Å². The number of hydrogen-bond donors (Lipinski definition) is 2. The van der Waals surface area contributed by atoms with E-state index in [2.05, 4.69) is 28.0 Å². The molecule has 0 amide bonds. The Morgan fingerprint density at radius 2 is 2.46 bits per heavy atom. The van der Waals surface area contributed by atoms with Gasteiger partial charge in [-0.05, 0) is 15.9 Å². The molecular weight excluding hydrogens is 232 g/mol. The molecule has 4 heteroatoms.